The van der Waals surface area contributed by atoms with Gasteiger partial charge in [0, 0.05) is 12.3 Å². The van der Waals surface area contributed by atoms with Crippen LogP contribution in [0.25, 0.3) is 0 Å². The van der Waals surface area contributed by atoms with Crippen LogP contribution >= 0.6 is 7.75 Å². The van der Waals surface area contributed by atoms with Gasteiger partial charge >= 0.3 is 25.4 Å². The van der Waals surface area contributed by atoms with E-state index in [2.05, 4.69) is 5.09 Å². The van der Waals surface area contributed by atoms with Gasteiger partial charge in [0.2, 0.25) is 0 Å². The minimum absolute atomic E-state index is 0.116. The van der Waals surface area contributed by atoms with Gasteiger partial charge in [0.15, 0.2) is 18.0 Å². The zero-order chi connectivity index (χ0) is 32.1. The number of aromatic amines is 1. The summed E-state index contributed by atoms with van der Waals surface area (Å²) >= 11 is 0. The minimum atomic E-state index is -4.43. The fraction of sp³-hybridized carbons (Fsp3) is 0.379. The number of hydrogen-bond donors (Lipinski definition) is 2. The first-order valence-electron chi connectivity index (χ1n) is 13.7. The summed E-state index contributed by atoms with van der Waals surface area (Å²) in [6, 6.07) is 15.6. The third-order valence-electron chi connectivity index (χ3n) is 6.46. The monoisotopic (exact) mass is 633 g/mol. The third-order valence-corrected chi connectivity index (χ3v) is 8.11. The first-order valence-corrected chi connectivity index (χ1v) is 15.2. The van der Waals surface area contributed by atoms with Crippen molar-refractivity contribution < 1.29 is 41.8 Å². The summed E-state index contributed by atoms with van der Waals surface area (Å²) in [5.41, 5.74) is -4.14. The molecule has 15 heteroatoms. The van der Waals surface area contributed by atoms with Gasteiger partial charge in [-0.2, -0.15) is 5.09 Å². The highest BCUT2D eigenvalue weighted by molar-refractivity contribution is 7.52. The summed E-state index contributed by atoms with van der Waals surface area (Å²) in [5.74, 6) is -1.50. The van der Waals surface area contributed by atoms with E-state index in [1.54, 1.807) is 50.2 Å². The fourth-order valence-electron chi connectivity index (χ4n) is 4.40. The summed E-state index contributed by atoms with van der Waals surface area (Å²) in [5, 5.41) is 2.52. The zero-order valence-corrected chi connectivity index (χ0v) is 25.3. The highest BCUT2D eigenvalue weighted by Crippen LogP contribution is 2.48. The molecule has 1 aromatic heterocycles. The first kappa shape index (κ1) is 32.8. The van der Waals surface area contributed by atoms with Crippen molar-refractivity contribution in [3.63, 3.8) is 0 Å². The lowest BCUT2D eigenvalue weighted by Gasteiger charge is -2.28. The number of alkyl halides is 1. The van der Waals surface area contributed by atoms with Crippen LogP contribution in [0.15, 0.2) is 82.5 Å². The molecule has 1 fully saturated rings. The molecule has 0 amide bonds. The second kappa shape index (κ2) is 13.7. The molecule has 0 aliphatic carbocycles. The molecule has 0 radical (unpaired) electrons. The molecule has 2 aromatic carbocycles. The molecule has 2 heterocycles. The van der Waals surface area contributed by atoms with E-state index >= 15 is 4.39 Å². The van der Waals surface area contributed by atoms with E-state index in [4.69, 9.17) is 23.3 Å². The van der Waals surface area contributed by atoms with E-state index in [1.165, 1.54) is 31.2 Å². The predicted octanol–water partition coefficient (Wildman–Crippen LogP) is 3.52. The quantitative estimate of drug-likeness (QED) is 0.222. The first-order chi connectivity index (χ1) is 20.8. The molecule has 2 N–H and O–H groups in total. The van der Waals surface area contributed by atoms with Crippen LogP contribution in [0.2, 0.25) is 0 Å². The lowest BCUT2D eigenvalue weighted by atomic mass is 9.98. The van der Waals surface area contributed by atoms with Gasteiger partial charge in [-0.3, -0.25) is 23.7 Å². The van der Waals surface area contributed by atoms with Crippen LogP contribution in [0.4, 0.5) is 4.39 Å². The number of benzene rings is 2. The number of nitrogens with one attached hydrogen (secondary N) is 2. The van der Waals surface area contributed by atoms with Crippen molar-refractivity contribution >= 4 is 19.7 Å². The van der Waals surface area contributed by atoms with Crippen LogP contribution in [0, 0.1) is 0 Å². The summed E-state index contributed by atoms with van der Waals surface area (Å²) in [4.78, 5) is 51.7. The molecule has 1 aliphatic heterocycles. The highest BCUT2D eigenvalue weighted by atomic mass is 31.2. The lowest BCUT2D eigenvalue weighted by Crippen LogP contribution is -2.46. The Hall–Kier alpha value is -4.10. The van der Waals surface area contributed by atoms with Gasteiger partial charge in [-0.15, -0.1) is 0 Å². The Morgan fingerprint density at radius 3 is 2.32 bits per heavy atom. The van der Waals surface area contributed by atoms with E-state index < -0.39 is 73.8 Å². The van der Waals surface area contributed by atoms with Crippen molar-refractivity contribution in [3.8, 4) is 5.75 Å². The molecule has 0 saturated carbocycles. The molecule has 1 saturated heterocycles. The Labute approximate surface area is 251 Å². The van der Waals surface area contributed by atoms with Gasteiger partial charge in [0.25, 0.3) is 5.56 Å². The summed E-state index contributed by atoms with van der Waals surface area (Å²) < 4.78 is 59.2. The van der Waals surface area contributed by atoms with Crippen molar-refractivity contribution in [2.75, 3.05) is 6.61 Å². The van der Waals surface area contributed by atoms with E-state index in [9.17, 15) is 23.7 Å². The van der Waals surface area contributed by atoms with Crippen molar-refractivity contribution in [2.24, 2.45) is 0 Å². The molecule has 1 aliphatic rings. The zero-order valence-electron chi connectivity index (χ0n) is 24.4. The summed E-state index contributed by atoms with van der Waals surface area (Å²) in [6.45, 7) is 5.05. The van der Waals surface area contributed by atoms with Crippen LogP contribution in [0.1, 0.15) is 44.3 Å². The fourth-order valence-corrected chi connectivity index (χ4v) is 5.91. The number of rotatable bonds is 12. The van der Waals surface area contributed by atoms with Crippen molar-refractivity contribution in [2.45, 2.75) is 63.9 Å². The standard InChI is InChI=1S/C29H33FN3O10P/c1-18(2)40-25(35)19(3)32-44(38,43-21-13-9-6-10-14-21)39-17-22-24(42-26(36)20-11-7-5-8-12-20)29(4,30)27(41-22)33-16-15-23(34)31-28(33)37/h5-16,18-19,22,24,27H,17H2,1-4H3,(H,32,38)(H,31,34,37)/t19-,22+,24+,27+,29+,44-/m0/s1. The third kappa shape index (κ3) is 7.88. The van der Waals surface area contributed by atoms with E-state index in [-0.39, 0.29) is 11.3 Å². The molecule has 0 unspecified atom stereocenters. The highest BCUT2D eigenvalue weighted by Gasteiger charge is 2.58. The van der Waals surface area contributed by atoms with Crippen LogP contribution in [-0.4, -0.2) is 58.1 Å². The largest absolute Gasteiger partial charge is 0.462 e. The number of aromatic nitrogens is 2. The number of carbonyl (C=O) groups is 2. The smallest absolute Gasteiger partial charge is 0.459 e. The van der Waals surface area contributed by atoms with E-state index in [0.29, 0.717) is 0 Å². The van der Waals surface area contributed by atoms with E-state index in [1.807, 2.05) is 4.98 Å². The van der Waals surface area contributed by atoms with Crippen LogP contribution in [-0.2, 0) is 28.1 Å². The van der Waals surface area contributed by atoms with E-state index in [0.717, 1.165) is 23.8 Å². The Morgan fingerprint density at radius 2 is 1.70 bits per heavy atom. The molecular formula is C29H33FN3O10P. The van der Waals surface area contributed by atoms with Gasteiger partial charge < -0.3 is 18.7 Å². The molecule has 4 rings (SSSR count). The Balaban J connectivity index is 1.64. The summed E-state index contributed by atoms with van der Waals surface area (Å²) in [7, 11) is -4.43. The number of H-pyrrole nitrogens is 1. The lowest BCUT2D eigenvalue weighted by molar-refractivity contribution is -0.149. The average Bonchev–Trinajstić information content (AvgIpc) is 3.21. The number of para-hydroxylation sites is 1. The second-order valence-electron chi connectivity index (χ2n) is 10.4. The number of halogens is 1. The maximum Gasteiger partial charge on any atom is 0.459 e. The maximum atomic E-state index is 16.5. The van der Waals surface area contributed by atoms with Gasteiger partial charge in [-0.25, -0.2) is 18.5 Å². The second-order valence-corrected chi connectivity index (χ2v) is 12.1. The number of ether oxygens (including phenoxy) is 3. The van der Waals surface area contributed by atoms with Gasteiger partial charge in [0.05, 0.1) is 18.3 Å². The van der Waals surface area contributed by atoms with Gasteiger partial charge in [0.1, 0.15) is 17.9 Å². The predicted molar refractivity (Wildman–Crippen MR) is 155 cm³/mol. The molecule has 3 aromatic rings. The molecule has 6 atom stereocenters. The Kier molecular flexibility index (Phi) is 10.2. The maximum absolute atomic E-state index is 16.5. The van der Waals surface area contributed by atoms with Crippen LogP contribution in [0.5, 0.6) is 5.75 Å². The Morgan fingerprint density at radius 1 is 1.07 bits per heavy atom. The molecule has 13 nitrogen and oxygen atoms in total. The molecule has 44 heavy (non-hydrogen) atoms. The van der Waals surface area contributed by atoms with Crippen molar-refractivity contribution in [3.05, 3.63) is 99.3 Å². The van der Waals surface area contributed by atoms with Crippen LogP contribution in [0.3, 0.4) is 0 Å². The summed E-state index contributed by atoms with van der Waals surface area (Å²) in [6.07, 6.45) is -4.27. The van der Waals surface area contributed by atoms with Crippen molar-refractivity contribution in [1.29, 1.82) is 0 Å². The average molecular weight is 634 g/mol. The molecule has 236 valence electrons. The number of nitrogens with zero attached hydrogens (tertiary/aromatic N) is 1. The number of carbonyl (C=O) groups excluding carboxylic acids is 2. The normalized spacial score (nSPS) is 23.5. The van der Waals surface area contributed by atoms with Gasteiger partial charge in [-0.05, 0) is 52.0 Å². The molecule has 0 spiro atoms. The molecule has 0 bridgehead atoms. The SMILES string of the molecule is CC(C)OC(=O)[C@H](C)N[P@](=O)(OC[C@H]1O[C@@H](n2ccc(=O)[nH]c2=O)[C@](C)(F)[C@@H]1OC(=O)c1ccccc1)Oc1ccccc1. The topological polar surface area (TPSA) is 164 Å². The van der Waals surface area contributed by atoms with Crippen LogP contribution < -0.4 is 20.9 Å². The molecular weight excluding hydrogens is 600 g/mol. The van der Waals surface area contributed by atoms with Crippen molar-refractivity contribution in [1.82, 2.24) is 14.6 Å². The van der Waals surface area contributed by atoms with Gasteiger partial charge in [-0.1, -0.05) is 36.4 Å². The minimum Gasteiger partial charge on any atom is -0.462 e. The number of hydrogen-bond acceptors (Lipinski definition) is 10. The Bertz CT molecular complexity index is 1610. The number of esters is 2.